The SMILES string of the molecule is CCCOC(=O)[C@@H](CCCc1ccccc1)OS(=O)(=O)c1ccc(-c2ccccc2)cc1. The van der Waals surface area contributed by atoms with Gasteiger partial charge in [0.1, 0.15) is 0 Å². The van der Waals surface area contributed by atoms with Crippen molar-refractivity contribution in [1.29, 1.82) is 0 Å². The van der Waals surface area contributed by atoms with Gasteiger partial charge in [-0.3, -0.25) is 4.18 Å². The Hall–Kier alpha value is -2.96. The van der Waals surface area contributed by atoms with Crippen molar-refractivity contribution in [3.8, 4) is 11.1 Å². The van der Waals surface area contributed by atoms with Crippen molar-refractivity contribution in [3.63, 3.8) is 0 Å². The van der Waals surface area contributed by atoms with Gasteiger partial charge in [0.25, 0.3) is 10.1 Å². The van der Waals surface area contributed by atoms with Crippen LogP contribution in [0.1, 0.15) is 31.7 Å². The summed E-state index contributed by atoms with van der Waals surface area (Å²) in [6.07, 6.45) is 1.03. The maximum absolute atomic E-state index is 12.9. The van der Waals surface area contributed by atoms with E-state index in [0.29, 0.717) is 19.3 Å². The molecule has 0 aliphatic carbocycles. The number of benzene rings is 3. The number of hydrogen-bond donors (Lipinski definition) is 0. The van der Waals surface area contributed by atoms with Crippen LogP contribution in [0.15, 0.2) is 89.8 Å². The number of rotatable bonds is 11. The lowest BCUT2D eigenvalue weighted by atomic mass is 10.1. The highest BCUT2D eigenvalue weighted by atomic mass is 32.2. The van der Waals surface area contributed by atoms with Gasteiger partial charge in [0, 0.05) is 0 Å². The first kappa shape index (κ1) is 23.7. The molecular formula is C26H28O5S. The second-order valence-electron chi connectivity index (χ2n) is 7.47. The third-order valence-corrected chi connectivity index (χ3v) is 6.31. The van der Waals surface area contributed by atoms with Crippen molar-refractivity contribution in [3.05, 3.63) is 90.5 Å². The molecule has 0 unspecified atom stereocenters. The summed E-state index contributed by atoms with van der Waals surface area (Å²) < 4.78 is 36.3. The summed E-state index contributed by atoms with van der Waals surface area (Å²) in [7, 11) is -4.12. The van der Waals surface area contributed by atoms with Crippen molar-refractivity contribution in [1.82, 2.24) is 0 Å². The molecule has 0 bridgehead atoms. The molecule has 0 spiro atoms. The summed E-state index contributed by atoms with van der Waals surface area (Å²) in [4.78, 5) is 12.5. The Bertz CT molecular complexity index is 1080. The topological polar surface area (TPSA) is 69.7 Å². The molecule has 3 rings (SSSR count). The maximum atomic E-state index is 12.9. The molecule has 0 N–H and O–H groups in total. The fourth-order valence-corrected chi connectivity index (χ4v) is 4.35. The molecule has 3 aromatic rings. The Balaban J connectivity index is 1.70. The van der Waals surface area contributed by atoms with Crippen molar-refractivity contribution < 1.29 is 22.1 Å². The van der Waals surface area contributed by atoms with Gasteiger partial charge < -0.3 is 4.74 Å². The van der Waals surface area contributed by atoms with Crippen molar-refractivity contribution >= 4 is 16.1 Å². The van der Waals surface area contributed by atoms with Crippen molar-refractivity contribution in [2.75, 3.05) is 6.61 Å². The summed E-state index contributed by atoms with van der Waals surface area (Å²) in [6, 6.07) is 25.9. The highest BCUT2D eigenvalue weighted by molar-refractivity contribution is 7.86. The van der Waals surface area contributed by atoms with E-state index >= 15 is 0 Å². The first-order valence-electron chi connectivity index (χ1n) is 10.8. The van der Waals surface area contributed by atoms with Crippen LogP contribution in [0.3, 0.4) is 0 Å². The molecule has 0 saturated heterocycles. The van der Waals surface area contributed by atoms with E-state index in [1.54, 1.807) is 12.1 Å². The zero-order valence-electron chi connectivity index (χ0n) is 18.1. The van der Waals surface area contributed by atoms with Crippen LogP contribution in [0.5, 0.6) is 0 Å². The maximum Gasteiger partial charge on any atom is 0.336 e. The van der Waals surface area contributed by atoms with Crippen LogP contribution >= 0.6 is 0 Å². The fraction of sp³-hybridized carbons (Fsp3) is 0.269. The molecule has 1 atom stereocenters. The van der Waals surface area contributed by atoms with Gasteiger partial charge in [0.2, 0.25) is 0 Å². The third-order valence-electron chi connectivity index (χ3n) is 4.98. The van der Waals surface area contributed by atoms with E-state index in [1.165, 1.54) is 12.1 Å². The van der Waals surface area contributed by atoms with Gasteiger partial charge in [0.15, 0.2) is 6.10 Å². The summed E-state index contributed by atoms with van der Waals surface area (Å²) in [5.74, 6) is -0.649. The number of carbonyl (C=O) groups is 1. The largest absolute Gasteiger partial charge is 0.464 e. The van der Waals surface area contributed by atoms with E-state index in [4.69, 9.17) is 8.92 Å². The Morgan fingerprint density at radius 1 is 0.844 bits per heavy atom. The Labute approximate surface area is 190 Å². The Kier molecular flexibility index (Phi) is 8.59. The fourth-order valence-electron chi connectivity index (χ4n) is 3.29. The summed E-state index contributed by atoms with van der Waals surface area (Å²) in [5, 5.41) is 0. The molecule has 5 nitrogen and oxygen atoms in total. The van der Waals surface area contributed by atoms with Crippen LogP contribution < -0.4 is 0 Å². The van der Waals surface area contributed by atoms with Crippen LogP contribution in [0.25, 0.3) is 11.1 Å². The highest BCUT2D eigenvalue weighted by Crippen LogP contribution is 2.23. The van der Waals surface area contributed by atoms with E-state index in [9.17, 15) is 13.2 Å². The molecule has 0 saturated carbocycles. The van der Waals surface area contributed by atoms with Crippen LogP contribution in [-0.4, -0.2) is 27.1 Å². The molecule has 0 aliphatic heterocycles. The van der Waals surface area contributed by atoms with E-state index in [1.807, 2.05) is 67.6 Å². The standard InChI is InChI=1S/C26H28O5S/c1-2-20-30-26(27)25(15-9-12-21-10-5-3-6-11-21)31-32(28,29)24-18-16-23(17-19-24)22-13-7-4-8-14-22/h3-8,10-11,13-14,16-19,25H,2,9,12,15,20H2,1H3/t25-/m1/s1. The summed E-state index contributed by atoms with van der Waals surface area (Å²) in [6.45, 7) is 2.10. The lowest BCUT2D eigenvalue weighted by Crippen LogP contribution is -2.29. The summed E-state index contributed by atoms with van der Waals surface area (Å²) >= 11 is 0. The van der Waals surface area contributed by atoms with E-state index in [-0.39, 0.29) is 17.9 Å². The van der Waals surface area contributed by atoms with Crippen molar-refractivity contribution in [2.45, 2.75) is 43.6 Å². The molecule has 0 heterocycles. The van der Waals surface area contributed by atoms with Gasteiger partial charge in [-0.1, -0.05) is 79.7 Å². The molecule has 0 radical (unpaired) electrons. The highest BCUT2D eigenvalue weighted by Gasteiger charge is 2.28. The zero-order valence-corrected chi connectivity index (χ0v) is 19.0. The molecule has 32 heavy (non-hydrogen) atoms. The minimum Gasteiger partial charge on any atom is -0.464 e. The van der Waals surface area contributed by atoms with Gasteiger partial charge in [-0.05, 0) is 54.5 Å². The lowest BCUT2D eigenvalue weighted by Gasteiger charge is -2.17. The quantitative estimate of drug-likeness (QED) is 0.288. The Morgan fingerprint density at radius 3 is 2.06 bits per heavy atom. The van der Waals surface area contributed by atoms with E-state index < -0.39 is 22.2 Å². The van der Waals surface area contributed by atoms with Gasteiger partial charge in [-0.25, -0.2) is 4.79 Å². The molecule has 0 fully saturated rings. The van der Waals surface area contributed by atoms with Crippen LogP contribution in [0, 0.1) is 0 Å². The monoisotopic (exact) mass is 452 g/mol. The predicted octanol–water partition coefficient (Wildman–Crippen LogP) is 5.40. The van der Waals surface area contributed by atoms with Crippen LogP contribution in [0.4, 0.5) is 0 Å². The number of carbonyl (C=O) groups excluding carboxylic acids is 1. The number of hydrogen-bond acceptors (Lipinski definition) is 5. The van der Waals surface area contributed by atoms with Gasteiger partial charge in [0.05, 0.1) is 11.5 Å². The normalized spacial score (nSPS) is 12.3. The predicted molar refractivity (Wildman–Crippen MR) is 125 cm³/mol. The number of ether oxygens (including phenoxy) is 1. The molecular weight excluding hydrogens is 424 g/mol. The van der Waals surface area contributed by atoms with Gasteiger partial charge in [-0.15, -0.1) is 0 Å². The van der Waals surface area contributed by atoms with Gasteiger partial charge >= 0.3 is 5.97 Å². The summed E-state index contributed by atoms with van der Waals surface area (Å²) in [5.41, 5.74) is 3.00. The molecule has 168 valence electrons. The molecule has 3 aromatic carbocycles. The van der Waals surface area contributed by atoms with Crippen LogP contribution in [-0.2, 0) is 30.3 Å². The first-order chi connectivity index (χ1) is 15.5. The first-order valence-corrected chi connectivity index (χ1v) is 12.2. The Morgan fingerprint density at radius 2 is 1.44 bits per heavy atom. The van der Waals surface area contributed by atoms with Crippen molar-refractivity contribution in [2.24, 2.45) is 0 Å². The smallest absolute Gasteiger partial charge is 0.336 e. The van der Waals surface area contributed by atoms with E-state index in [0.717, 1.165) is 16.7 Å². The molecule has 0 aromatic heterocycles. The number of aryl methyl sites for hydroxylation is 1. The molecule has 0 aliphatic rings. The third kappa shape index (κ3) is 6.77. The zero-order chi connectivity index (χ0) is 22.8. The minimum absolute atomic E-state index is 0.00790. The second kappa shape index (κ2) is 11.6. The lowest BCUT2D eigenvalue weighted by molar-refractivity contribution is -0.152. The average molecular weight is 453 g/mol. The van der Waals surface area contributed by atoms with Crippen LogP contribution in [0.2, 0.25) is 0 Å². The van der Waals surface area contributed by atoms with E-state index in [2.05, 4.69) is 0 Å². The second-order valence-corrected chi connectivity index (χ2v) is 9.05. The molecule has 0 amide bonds. The number of esters is 1. The molecule has 6 heteroatoms. The minimum atomic E-state index is -4.12. The van der Waals surface area contributed by atoms with Gasteiger partial charge in [-0.2, -0.15) is 8.42 Å². The average Bonchev–Trinajstić information content (AvgIpc) is 2.83.